The third kappa shape index (κ3) is 3.44. The molecule has 2 N–H and O–H groups in total. The Kier molecular flexibility index (Phi) is 5.02. The summed E-state index contributed by atoms with van der Waals surface area (Å²) >= 11 is 23.8. The van der Waals surface area contributed by atoms with Crippen molar-refractivity contribution < 1.29 is 15.0 Å². The highest BCUT2D eigenvalue weighted by molar-refractivity contribution is 6.44. The van der Waals surface area contributed by atoms with Crippen molar-refractivity contribution in [2.24, 2.45) is 0 Å². The normalized spacial score (nSPS) is 12.2. The van der Waals surface area contributed by atoms with E-state index in [9.17, 15) is 9.90 Å². The summed E-state index contributed by atoms with van der Waals surface area (Å²) in [5.74, 6) is -1.39. The van der Waals surface area contributed by atoms with E-state index in [4.69, 9.17) is 51.5 Å². The number of halogens is 4. The Labute approximate surface area is 140 Å². The third-order valence-electron chi connectivity index (χ3n) is 2.84. The number of carboxylic acids is 1. The van der Waals surface area contributed by atoms with E-state index in [1.165, 1.54) is 18.2 Å². The van der Waals surface area contributed by atoms with Crippen molar-refractivity contribution in [1.82, 2.24) is 0 Å². The first kappa shape index (κ1) is 16.4. The van der Waals surface area contributed by atoms with Crippen molar-refractivity contribution in [2.75, 3.05) is 0 Å². The molecule has 0 amide bonds. The molecule has 0 aliphatic rings. The van der Waals surface area contributed by atoms with Gasteiger partial charge < -0.3 is 10.2 Å². The number of hydrogen-bond acceptors (Lipinski definition) is 2. The van der Waals surface area contributed by atoms with Gasteiger partial charge in [-0.1, -0.05) is 52.5 Å². The smallest absolute Gasteiger partial charge is 0.337 e. The van der Waals surface area contributed by atoms with E-state index in [2.05, 4.69) is 0 Å². The molecule has 2 rings (SSSR count). The summed E-state index contributed by atoms with van der Waals surface area (Å²) in [6, 6.07) is 7.46. The minimum atomic E-state index is -1.73. The molecular weight excluding hydrogens is 358 g/mol. The van der Waals surface area contributed by atoms with E-state index < -0.39 is 12.1 Å². The van der Waals surface area contributed by atoms with Crippen molar-refractivity contribution in [3.8, 4) is 11.1 Å². The molecule has 1 atom stereocenters. The fraction of sp³-hybridized carbons (Fsp3) is 0.0714. The van der Waals surface area contributed by atoms with E-state index in [1.807, 2.05) is 0 Å². The zero-order valence-corrected chi connectivity index (χ0v) is 13.3. The Bertz CT molecular complexity index is 716. The number of benzene rings is 2. The first-order valence-corrected chi connectivity index (χ1v) is 7.17. The number of carboxylic acid groups (broad SMARTS) is 1. The first-order chi connectivity index (χ1) is 9.81. The van der Waals surface area contributed by atoms with Crippen LogP contribution < -0.4 is 0 Å². The van der Waals surface area contributed by atoms with Crippen LogP contribution in [0.1, 0.15) is 11.7 Å². The monoisotopic (exact) mass is 364 g/mol. The standard InChI is InChI=1S/C14H8Cl4O3/c15-6-1-2-7(9(3-6)13(19)14(20)21)8-4-11(17)12(18)5-10(8)16/h1-5,13,19H,(H,20,21). The summed E-state index contributed by atoms with van der Waals surface area (Å²) in [6.07, 6.45) is -1.73. The number of aliphatic hydroxyl groups excluding tert-OH is 1. The summed E-state index contributed by atoms with van der Waals surface area (Å²) in [7, 11) is 0. The second kappa shape index (κ2) is 6.42. The fourth-order valence-corrected chi connectivity index (χ4v) is 2.70. The lowest BCUT2D eigenvalue weighted by Gasteiger charge is -2.15. The molecule has 0 aliphatic heterocycles. The summed E-state index contributed by atoms with van der Waals surface area (Å²) in [5, 5.41) is 19.9. The Hall–Kier alpha value is -0.970. The SMILES string of the molecule is O=C(O)C(O)c1cc(Cl)ccc1-c1cc(Cl)c(Cl)cc1Cl. The number of aliphatic carboxylic acids is 1. The maximum atomic E-state index is 11.0. The molecule has 7 heteroatoms. The van der Waals surface area contributed by atoms with Gasteiger partial charge >= 0.3 is 5.97 Å². The van der Waals surface area contributed by atoms with Gasteiger partial charge in [0.1, 0.15) is 0 Å². The third-order valence-corrected chi connectivity index (χ3v) is 4.11. The van der Waals surface area contributed by atoms with Gasteiger partial charge in [0.05, 0.1) is 10.0 Å². The lowest BCUT2D eigenvalue weighted by Crippen LogP contribution is -2.11. The zero-order chi connectivity index (χ0) is 15.7. The fourth-order valence-electron chi connectivity index (χ4n) is 1.87. The molecule has 2 aromatic rings. The van der Waals surface area contributed by atoms with Gasteiger partial charge in [-0.05, 0) is 29.8 Å². The van der Waals surface area contributed by atoms with Crippen LogP contribution in [0.15, 0.2) is 30.3 Å². The molecule has 0 aromatic heterocycles. The molecule has 0 bridgehead atoms. The van der Waals surface area contributed by atoms with Gasteiger partial charge in [-0.2, -0.15) is 0 Å². The maximum Gasteiger partial charge on any atom is 0.337 e. The lowest BCUT2D eigenvalue weighted by molar-refractivity contribution is -0.146. The second-order valence-electron chi connectivity index (χ2n) is 4.22. The van der Waals surface area contributed by atoms with Crippen LogP contribution >= 0.6 is 46.4 Å². The Balaban J connectivity index is 2.69. The summed E-state index contributed by atoms with van der Waals surface area (Å²) < 4.78 is 0. The largest absolute Gasteiger partial charge is 0.479 e. The molecule has 0 saturated heterocycles. The molecule has 3 nitrogen and oxygen atoms in total. The lowest BCUT2D eigenvalue weighted by atomic mass is 9.96. The topological polar surface area (TPSA) is 57.5 Å². The minimum Gasteiger partial charge on any atom is -0.479 e. The molecule has 0 saturated carbocycles. The molecule has 110 valence electrons. The molecule has 0 aliphatic carbocycles. The number of rotatable bonds is 3. The van der Waals surface area contributed by atoms with Crippen LogP contribution in [-0.4, -0.2) is 16.2 Å². The van der Waals surface area contributed by atoms with E-state index in [1.54, 1.807) is 12.1 Å². The molecule has 2 aromatic carbocycles. The van der Waals surface area contributed by atoms with Crippen LogP contribution in [0.2, 0.25) is 20.1 Å². The van der Waals surface area contributed by atoms with E-state index in [0.29, 0.717) is 16.1 Å². The predicted molar refractivity (Wildman–Crippen MR) is 84.5 cm³/mol. The van der Waals surface area contributed by atoms with Crippen molar-refractivity contribution >= 4 is 52.4 Å². The van der Waals surface area contributed by atoms with Gasteiger partial charge in [-0.25, -0.2) is 4.79 Å². The van der Waals surface area contributed by atoms with Gasteiger partial charge in [0.2, 0.25) is 0 Å². The average Bonchev–Trinajstić information content (AvgIpc) is 2.42. The van der Waals surface area contributed by atoms with Gasteiger partial charge in [0.25, 0.3) is 0 Å². The van der Waals surface area contributed by atoms with Crippen LogP contribution in [-0.2, 0) is 4.79 Å². The molecular formula is C14H8Cl4O3. The molecule has 21 heavy (non-hydrogen) atoms. The zero-order valence-electron chi connectivity index (χ0n) is 10.3. The van der Waals surface area contributed by atoms with Crippen molar-refractivity contribution in [3.63, 3.8) is 0 Å². The van der Waals surface area contributed by atoms with Crippen LogP contribution in [0.4, 0.5) is 0 Å². The first-order valence-electron chi connectivity index (χ1n) is 5.66. The van der Waals surface area contributed by atoms with Crippen LogP contribution in [0.25, 0.3) is 11.1 Å². The average molecular weight is 366 g/mol. The summed E-state index contributed by atoms with van der Waals surface area (Å²) in [6.45, 7) is 0. The molecule has 0 heterocycles. The highest BCUT2D eigenvalue weighted by atomic mass is 35.5. The number of hydrogen-bond donors (Lipinski definition) is 2. The van der Waals surface area contributed by atoms with Crippen LogP contribution in [0.5, 0.6) is 0 Å². The summed E-state index contributed by atoms with van der Waals surface area (Å²) in [4.78, 5) is 11.0. The molecule has 0 spiro atoms. The number of carbonyl (C=O) groups is 1. The van der Waals surface area contributed by atoms with Crippen molar-refractivity contribution in [3.05, 3.63) is 56.0 Å². The Morgan fingerprint density at radius 2 is 1.52 bits per heavy atom. The van der Waals surface area contributed by atoms with Gasteiger partial charge in [-0.3, -0.25) is 0 Å². The van der Waals surface area contributed by atoms with Gasteiger partial charge in [0.15, 0.2) is 6.10 Å². The van der Waals surface area contributed by atoms with E-state index in [-0.39, 0.29) is 20.6 Å². The van der Waals surface area contributed by atoms with Crippen molar-refractivity contribution in [1.29, 1.82) is 0 Å². The molecule has 1 unspecified atom stereocenters. The predicted octanol–water partition coefficient (Wildman–Crippen LogP) is 5.09. The van der Waals surface area contributed by atoms with Gasteiger partial charge in [-0.15, -0.1) is 0 Å². The van der Waals surface area contributed by atoms with E-state index in [0.717, 1.165) is 0 Å². The van der Waals surface area contributed by atoms with E-state index >= 15 is 0 Å². The maximum absolute atomic E-state index is 11.0. The van der Waals surface area contributed by atoms with Crippen LogP contribution in [0.3, 0.4) is 0 Å². The van der Waals surface area contributed by atoms with Crippen LogP contribution in [0, 0.1) is 0 Å². The Morgan fingerprint density at radius 3 is 2.14 bits per heavy atom. The molecule has 0 fully saturated rings. The highest BCUT2D eigenvalue weighted by Crippen LogP contribution is 2.39. The number of aliphatic hydroxyl groups is 1. The quantitative estimate of drug-likeness (QED) is 0.745. The Morgan fingerprint density at radius 1 is 0.905 bits per heavy atom. The minimum absolute atomic E-state index is 0.121. The second-order valence-corrected chi connectivity index (χ2v) is 5.88. The summed E-state index contributed by atoms with van der Waals surface area (Å²) in [5.41, 5.74) is 0.992. The van der Waals surface area contributed by atoms with Crippen molar-refractivity contribution in [2.45, 2.75) is 6.10 Å². The molecule has 0 radical (unpaired) electrons. The van der Waals surface area contributed by atoms with Gasteiger partial charge in [0, 0.05) is 21.2 Å². The highest BCUT2D eigenvalue weighted by Gasteiger charge is 2.22.